The molecule has 0 atom stereocenters. The van der Waals surface area contributed by atoms with Gasteiger partial charge in [0.05, 0.1) is 17.8 Å². The number of aromatic amines is 1. The number of benzene rings is 1. The highest BCUT2D eigenvalue weighted by molar-refractivity contribution is 7.99. The van der Waals surface area contributed by atoms with E-state index in [0.717, 1.165) is 43.2 Å². The van der Waals surface area contributed by atoms with Gasteiger partial charge in [-0.25, -0.2) is 22.8 Å². The molecular formula is C31H45FN8O3S2. The number of sulfone groups is 1. The van der Waals surface area contributed by atoms with Gasteiger partial charge in [-0.15, -0.1) is 0 Å². The first-order valence-electron chi connectivity index (χ1n) is 14.8. The predicted octanol–water partition coefficient (Wildman–Crippen LogP) is 5.37. The Morgan fingerprint density at radius 1 is 1.09 bits per heavy atom. The van der Waals surface area contributed by atoms with Crippen molar-refractivity contribution in [3.63, 3.8) is 0 Å². The molecule has 3 aromatic rings. The second-order valence-corrected chi connectivity index (χ2v) is 13.6. The van der Waals surface area contributed by atoms with Crippen LogP contribution in [-0.4, -0.2) is 93.2 Å². The SMILES string of the molecule is C/C=C(F)\C(=C/C)CS(=O)(=O)c1ccc(Sc2nc(Nc3cc(C)[nH]n3)c(OC)c(N(CCC)CCNCCN(C)C)n2)cc1. The van der Waals surface area contributed by atoms with Crippen LogP contribution in [0.15, 0.2) is 68.8 Å². The maximum absolute atomic E-state index is 14.1. The zero-order chi connectivity index (χ0) is 33.0. The Balaban J connectivity index is 1.94. The Morgan fingerprint density at radius 2 is 1.80 bits per heavy atom. The number of methoxy groups -OCH3 is 1. The summed E-state index contributed by atoms with van der Waals surface area (Å²) in [6.45, 7) is 11.2. The fourth-order valence-corrected chi connectivity index (χ4v) is 6.56. The normalized spacial score (nSPS) is 12.6. The Kier molecular flexibility index (Phi) is 13.8. The van der Waals surface area contributed by atoms with E-state index >= 15 is 0 Å². The van der Waals surface area contributed by atoms with Crippen molar-refractivity contribution in [1.29, 1.82) is 0 Å². The summed E-state index contributed by atoms with van der Waals surface area (Å²) in [5.74, 6) is 1.22. The second-order valence-electron chi connectivity index (χ2n) is 10.6. The van der Waals surface area contributed by atoms with Crippen molar-refractivity contribution in [2.24, 2.45) is 0 Å². The third-order valence-electron chi connectivity index (χ3n) is 6.72. The number of halogens is 1. The van der Waals surface area contributed by atoms with Crippen molar-refractivity contribution in [3.05, 3.63) is 59.6 Å². The fourth-order valence-electron chi connectivity index (χ4n) is 4.37. The van der Waals surface area contributed by atoms with Gasteiger partial charge in [-0.3, -0.25) is 5.10 Å². The van der Waals surface area contributed by atoms with Crippen LogP contribution in [0.4, 0.5) is 21.8 Å². The lowest BCUT2D eigenvalue weighted by atomic mass is 10.2. The van der Waals surface area contributed by atoms with Crippen LogP contribution in [0.5, 0.6) is 5.75 Å². The highest BCUT2D eigenvalue weighted by atomic mass is 32.2. The molecule has 0 aliphatic rings. The Bertz CT molecular complexity index is 1560. The number of anilines is 3. The van der Waals surface area contributed by atoms with Crippen LogP contribution in [0.2, 0.25) is 0 Å². The third-order valence-corrected chi connectivity index (χ3v) is 9.27. The number of aromatic nitrogens is 4. The molecule has 0 aliphatic carbocycles. The van der Waals surface area contributed by atoms with E-state index < -0.39 is 21.4 Å². The van der Waals surface area contributed by atoms with Gasteiger partial charge in [-0.05, 0) is 82.9 Å². The predicted molar refractivity (Wildman–Crippen MR) is 180 cm³/mol. The van der Waals surface area contributed by atoms with Crippen LogP contribution in [0.25, 0.3) is 0 Å². The number of rotatable bonds is 18. The number of hydrogen-bond acceptors (Lipinski definition) is 11. The first-order chi connectivity index (χ1) is 21.5. The van der Waals surface area contributed by atoms with Gasteiger partial charge >= 0.3 is 0 Å². The van der Waals surface area contributed by atoms with Gasteiger partial charge < -0.3 is 25.2 Å². The zero-order valence-corrected chi connectivity index (χ0v) is 28.8. The van der Waals surface area contributed by atoms with Gasteiger partial charge in [-0.1, -0.05) is 19.1 Å². The zero-order valence-electron chi connectivity index (χ0n) is 27.1. The molecule has 0 amide bonds. The Hall–Kier alpha value is -3.46. The van der Waals surface area contributed by atoms with Crippen molar-refractivity contribution in [1.82, 2.24) is 30.4 Å². The van der Waals surface area contributed by atoms with Gasteiger partial charge in [0, 0.05) is 49.4 Å². The van der Waals surface area contributed by atoms with E-state index in [4.69, 9.17) is 14.7 Å². The number of allylic oxidation sites excluding steroid dienone is 3. The smallest absolute Gasteiger partial charge is 0.204 e. The molecular weight excluding hydrogens is 616 g/mol. The highest BCUT2D eigenvalue weighted by Gasteiger charge is 2.23. The molecule has 1 aromatic carbocycles. The minimum atomic E-state index is -3.75. The van der Waals surface area contributed by atoms with Gasteiger partial charge in [0.1, 0.15) is 5.83 Å². The van der Waals surface area contributed by atoms with Gasteiger partial charge in [-0.2, -0.15) is 5.10 Å². The molecule has 3 rings (SSSR count). The van der Waals surface area contributed by atoms with Crippen molar-refractivity contribution in [3.8, 4) is 5.75 Å². The molecule has 11 nitrogen and oxygen atoms in total. The van der Waals surface area contributed by atoms with Crippen LogP contribution < -0.4 is 20.3 Å². The molecule has 45 heavy (non-hydrogen) atoms. The summed E-state index contributed by atoms with van der Waals surface area (Å²) in [6.07, 6.45) is 3.64. The number of aryl methyl sites for hydroxylation is 1. The first-order valence-corrected chi connectivity index (χ1v) is 17.3. The quantitative estimate of drug-likeness (QED) is 0.0925. The van der Waals surface area contributed by atoms with Crippen LogP contribution >= 0.6 is 11.8 Å². The number of nitrogens with one attached hydrogen (secondary N) is 3. The molecule has 0 radical (unpaired) electrons. The van der Waals surface area contributed by atoms with Crippen LogP contribution in [0, 0.1) is 6.92 Å². The molecule has 0 saturated heterocycles. The maximum atomic E-state index is 14.1. The molecule has 0 bridgehead atoms. The van der Waals surface area contributed by atoms with Crippen LogP contribution in [-0.2, 0) is 9.84 Å². The van der Waals surface area contributed by atoms with Crippen molar-refractivity contribution < 1.29 is 17.5 Å². The standard InChI is InChI=1S/C31H45FN8O3S2/c1-8-17-40(19-16-33-15-18-39(5)6)30-28(43-7)29(34-27-20-22(4)37-38-27)35-31(36-30)44-24-11-13-25(14-12-24)45(41,42)21-23(9-2)26(32)10-3/h9-14,20,33H,8,15-19,21H2,1-7H3,(H2,34,35,36,37,38)/b23-9-,26-10+. The molecule has 0 unspecified atom stereocenters. The first kappa shape index (κ1) is 36.0. The fraction of sp³-hybridized carbons (Fsp3) is 0.452. The monoisotopic (exact) mass is 660 g/mol. The van der Waals surface area contributed by atoms with E-state index in [9.17, 15) is 12.8 Å². The summed E-state index contributed by atoms with van der Waals surface area (Å²) in [4.78, 5) is 14.8. The van der Waals surface area contributed by atoms with E-state index in [1.807, 2.05) is 27.1 Å². The van der Waals surface area contributed by atoms with Gasteiger partial charge in [0.15, 0.2) is 32.4 Å². The molecule has 0 aliphatic heterocycles. The van der Waals surface area contributed by atoms with E-state index in [1.165, 1.54) is 43.0 Å². The van der Waals surface area contributed by atoms with E-state index in [0.29, 0.717) is 34.9 Å². The molecule has 0 fully saturated rings. The number of hydrogen-bond donors (Lipinski definition) is 3. The Morgan fingerprint density at radius 3 is 2.38 bits per heavy atom. The summed E-state index contributed by atoms with van der Waals surface area (Å²) in [5, 5.41) is 14.4. The third kappa shape index (κ3) is 10.6. The average molecular weight is 661 g/mol. The lowest BCUT2D eigenvalue weighted by Gasteiger charge is -2.26. The molecule has 246 valence electrons. The minimum absolute atomic E-state index is 0.110. The van der Waals surface area contributed by atoms with Crippen molar-refractivity contribution in [2.75, 3.05) is 69.9 Å². The molecule has 0 saturated carbocycles. The Labute approximate surface area is 270 Å². The largest absolute Gasteiger partial charge is 0.490 e. The number of likely N-dealkylation sites (N-methyl/N-ethyl adjacent to an activating group) is 1. The van der Waals surface area contributed by atoms with E-state index in [-0.39, 0.29) is 10.5 Å². The summed E-state index contributed by atoms with van der Waals surface area (Å²) >= 11 is 1.30. The summed E-state index contributed by atoms with van der Waals surface area (Å²) in [7, 11) is 1.94. The molecule has 14 heteroatoms. The van der Waals surface area contributed by atoms with Crippen molar-refractivity contribution in [2.45, 2.75) is 49.1 Å². The highest BCUT2D eigenvalue weighted by Crippen LogP contribution is 2.38. The van der Waals surface area contributed by atoms with Gasteiger partial charge in [0.25, 0.3) is 0 Å². The molecule has 2 aromatic heterocycles. The summed E-state index contributed by atoms with van der Waals surface area (Å²) < 4.78 is 46.0. The van der Waals surface area contributed by atoms with E-state index in [1.54, 1.807) is 26.2 Å². The lowest BCUT2D eigenvalue weighted by Crippen LogP contribution is -2.36. The molecule has 2 heterocycles. The molecule has 0 spiro atoms. The summed E-state index contributed by atoms with van der Waals surface area (Å²) in [6, 6.07) is 8.32. The number of H-pyrrole nitrogens is 1. The number of ether oxygens (including phenoxy) is 1. The maximum Gasteiger partial charge on any atom is 0.204 e. The second kappa shape index (κ2) is 17.3. The molecule has 3 N–H and O–H groups in total. The van der Waals surface area contributed by atoms with Crippen LogP contribution in [0.1, 0.15) is 32.9 Å². The van der Waals surface area contributed by atoms with E-state index in [2.05, 4.69) is 37.6 Å². The topological polar surface area (TPSA) is 128 Å². The lowest BCUT2D eigenvalue weighted by molar-refractivity contribution is 0.399. The minimum Gasteiger partial charge on any atom is -0.490 e. The average Bonchev–Trinajstić information content (AvgIpc) is 3.42. The summed E-state index contributed by atoms with van der Waals surface area (Å²) in [5.41, 5.74) is 1.02. The van der Waals surface area contributed by atoms with Gasteiger partial charge in [0.2, 0.25) is 5.75 Å². The number of nitrogens with zero attached hydrogens (tertiary/aromatic N) is 5. The van der Waals surface area contributed by atoms with Crippen LogP contribution in [0.3, 0.4) is 0 Å². The van der Waals surface area contributed by atoms with Crippen molar-refractivity contribution >= 4 is 39.1 Å².